The fourth-order valence-electron chi connectivity index (χ4n) is 2.58. The number of rotatable bonds is 2. The summed E-state index contributed by atoms with van der Waals surface area (Å²) >= 11 is 2.02. The second kappa shape index (κ2) is 5.66. The van der Waals surface area contributed by atoms with Crippen LogP contribution in [0, 0.1) is 5.92 Å². The Morgan fingerprint density at radius 3 is 2.78 bits per heavy atom. The molecule has 18 heavy (non-hydrogen) atoms. The van der Waals surface area contributed by atoms with Crippen molar-refractivity contribution < 1.29 is 0 Å². The van der Waals surface area contributed by atoms with Crippen molar-refractivity contribution in [2.24, 2.45) is 11.7 Å². The van der Waals surface area contributed by atoms with E-state index in [1.165, 1.54) is 35.5 Å². The molecule has 0 saturated carbocycles. The van der Waals surface area contributed by atoms with Gasteiger partial charge in [-0.15, -0.1) is 11.8 Å². The Hall–Kier alpha value is -0.470. The molecule has 1 atom stereocenters. The number of hydrogen-bond acceptors (Lipinski definition) is 2. The van der Waals surface area contributed by atoms with E-state index in [-0.39, 0.29) is 5.41 Å². The first-order valence-corrected chi connectivity index (χ1v) is 7.95. The highest BCUT2D eigenvalue weighted by molar-refractivity contribution is 7.99. The van der Waals surface area contributed by atoms with Crippen molar-refractivity contribution in [1.29, 1.82) is 0 Å². The van der Waals surface area contributed by atoms with E-state index in [0.717, 1.165) is 12.5 Å². The molecule has 1 heterocycles. The molecule has 0 spiro atoms. The van der Waals surface area contributed by atoms with Crippen molar-refractivity contribution >= 4 is 11.8 Å². The van der Waals surface area contributed by atoms with Gasteiger partial charge in [0.05, 0.1) is 0 Å². The Morgan fingerprint density at radius 2 is 2.11 bits per heavy atom. The molecule has 1 unspecified atom stereocenters. The molecule has 1 nitrogen and oxygen atoms in total. The second-order valence-corrected chi connectivity index (χ2v) is 7.49. The molecule has 2 N–H and O–H groups in total. The molecule has 0 saturated heterocycles. The van der Waals surface area contributed by atoms with Crippen molar-refractivity contribution in [1.82, 2.24) is 0 Å². The minimum absolute atomic E-state index is 0.245. The maximum Gasteiger partial charge on any atom is 0.0104 e. The molecule has 1 aliphatic heterocycles. The van der Waals surface area contributed by atoms with Crippen molar-refractivity contribution in [3.63, 3.8) is 0 Å². The summed E-state index contributed by atoms with van der Waals surface area (Å²) in [5, 5.41) is 0. The van der Waals surface area contributed by atoms with Crippen molar-refractivity contribution in [2.45, 2.75) is 50.3 Å². The van der Waals surface area contributed by atoms with Gasteiger partial charge in [0.1, 0.15) is 0 Å². The van der Waals surface area contributed by atoms with Crippen LogP contribution >= 0.6 is 11.8 Å². The summed E-state index contributed by atoms with van der Waals surface area (Å²) < 4.78 is 0. The Morgan fingerprint density at radius 1 is 1.33 bits per heavy atom. The summed E-state index contributed by atoms with van der Waals surface area (Å²) in [4.78, 5) is 1.49. The van der Waals surface area contributed by atoms with Gasteiger partial charge in [0.2, 0.25) is 0 Å². The first kappa shape index (κ1) is 14.0. The van der Waals surface area contributed by atoms with Crippen LogP contribution in [0.5, 0.6) is 0 Å². The van der Waals surface area contributed by atoms with E-state index in [1.54, 1.807) is 5.56 Å². The fourth-order valence-corrected chi connectivity index (χ4v) is 3.74. The number of fused-ring (bicyclic) bond motifs is 1. The quantitative estimate of drug-likeness (QED) is 0.873. The first-order valence-electron chi connectivity index (χ1n) is 6.97. The van der Waals surface area contributed by atoms with Crippen LogP contribution in [0.3, 0.4) is 0 Å². The fraction of sp³-hybridized carbons (Fsp3) is 0.625. The third-order valence-corrected chi connectivity index (χ3v) is 4.94. The molecule has 2 heteroatoms. The lowest BCUT2D eigenvalue weighted by Gasteiger charge is -2.21. The van der Waals surface area contributed by atoms with Gasteiger partial charge in [-0.3, -0.25) is 0 Å². The molecule has 0 aromatic heterocycles. The molecule has 1 aromatic carbocycles. The van der Waals surface area contributed by atoms with Crippen LogP contribution in [0.1, 0.15) is 44.7 Å². The standard InChI is InChI=1S/C16H25NS/c1-16(2,3)14-4-5-15-13(11-14)10-12(6-8-17)7-9-18-15/h4-5,11-12H,6-10,17H2,1-3H3. The Balaban J connectivity index is 2.27. The van der Waals surface area contributed by atoms with Crippen LogP contribution in [-0.4, -0.2) is 12.3 Å². The number of nitrogens with two attached hydrogens (primary N) is 1. The predicted octanol–water partition coefficient (Wildman–Crippen LogP) is 3.99. The van der Waals surface area contributed by atoms with Crippen LogP contribution in [-0.2, 0) is 11.8 Å². The number of thioether (sulfide) groups is 1. The van der Waals surface area contributed by atoms with Gasteiger partial charge in [-0.05, 0) is 60.1 Å². The van der Waals surface area contributed by atoms with Crippen LogP contribution in [0.25, 0.3) is 0 Å². The molecular formula is C16H25NS. The lowest BCUT2D eigenvalue weighted by molar-refractivity contribution is 0.478. The van der Waals surface area contributed by atoms with Gasteiger partial charge >= 0.3 is 0 Å². The van der Waals surface area contributed by atoms with Gasteiger partial charge in [-0.25, -0.2) is 0 Å². The smallest absolute Gasteiger partial charge is 0.0104 e. The highest BCUT2D eigenvalue weighted by atomic mass is 32.2. The highest BCUT2D eigenvalue weighted by Gasteiger charge is 2.20. The van der Waals surface area contributed by atoms with Crippen LogP contribution in [0.4, 0.5) is 0 Å². The Bertz CT molecular complexity index is 406. The predicted molar refractivity (Wildman–Crippen MR) is 81.3 cm³/mol. The summed E-state index contributed by atoms with van der Waals surface area (Å²) in [7, 11) is 0. The summed E-state index contributed by atoms with van der Waals surface area (Å²) in [6.45, 7) is 7.69. The largest absolute Gasteiger partial charge is 0.330 e. The second-order valence-electron chi connectivity index (χ2n) is 6.36. The van der Waals surface area contributed by atoms with E-state index >= 15 is 0 Å². The molecule has 1 aliphatic rings. The summed E-state index contributed by atoms with van der Waals surface area (Å²) in [5.74, 6) is 2.02. The third kappa shape index (κ3) is 3.30. The molecular weight excluding hydrogens is 238 g/mol. The first-order chi connectivity index (χ1) is 8.50. The van der Waals surface area contributed by atoms with Crippen molar-refractivity contribution in [3.05, 3.63) is 29.3 Å². The molecule has 0 bridgehead atoms. The molecule has 2 rings (SSSR count). The third-order valence-electron chi connectivity index (χ3n) is 3.79. The maximum atomic E-state index is 5.72. The van der Waals surface area contributed by atoms with Crippen LogP contribution in [0.15, 0.2) is 23.1 Å². The van der Waals surface area contributed by atoms with E-state index < -0.39 is 0 Å². The van der Waals surface area contributed by atoms with Crippen molar-refractivity contribution in [2.75, 3.05) is 12.3 Å². The molecule has 1 aromatic rings. The minimum atomic E-state index is 0.245. The van der Waals surface area contributed by atoms with Crippen molar-refractivity contribution in [3.8, 4) is 0 Å². The molecule has 0 radical (unpaired) electrons. The van der Waals surface area contributed by atoms with E-state index in [0.29, 0.717) is 0 Å². The van der Waals surface area contributed by atoms with Gasteiger partial charge in [0.25, 0.3) is 0 Å². The average Bonchev–Trinajstić information content (AvgIpc) is 2.49. The van der Waals surface area contributed by atoms with Crippen LogP contribution < -0.4 is 5.73 Å². The lowest BCUT2D eigenvalue weighted by Crippen LogP contribution is -2.13. The normalized spacial score (nSPS) is 20.3. The van der Waals surface area contributed by atoms with Gasteiger partial charge in [0, 0.05) is 4.90 Å². The maximum absolute atomic E-state index is 5.72. The average molecular weight is 263 g/mol. The Labute approximate surface area is 116 Å². The van der Waals surface area contributed by atoms with E-state index in [2.05, 4.69) is 39.0 Å². The molecule has 0 amide bonds. The SMILES string of the molecule is CC(C)(C)c1ccc2c(c1)CC(CCN)CCS2. The minimum Gasteiger partial charge on any atom is -0.330 e. The number of benzene rings is 1. The summed E-state index contributed by atoms with van der Waals surface area (Å²) in [6.07, 6.45) is 3.69. The van der Waals surface area contributed by atoms with Gasteiger partial charge in [-0.2, -0.15) is 0 Å². The zero-order chi connectivity index (χ0) is 13.2. The van der Waals surface area contributed by atoms with Gasteiger partial charge < -0.3 is 5.73 Å². The summed E-state index contributed by atoms with van der Waals surface area (Å²) in [5.41, 5.74) is 8.97. The van der Waals surface area contributed by atoms with Gasteiger partial charge in [-0.1, -0.05) is 32.9 Å². The summed E-state index contributed by atoms with van der Waals surface area (Å²) in [6, 6.07) is 7.05. The molecule has 0 fully saturated rings. The molecule has 0 aliphatic carbocycles. The lowest BCUT2D eigenvalue weighted by atomic mass is 9.84. The van der Waals surface area contributed by atoms with Crippen LogP contribution in [0.2, 0.25) is 0 Å². The van der Waals surface area contributed by atoms with Gasteiger partial charge in [0.15, 0.2) is 0 Å². The number of hydrogen-bond donors (Lipinski definition) is 1. The highest BCUT2D eigenvalue weighted by Crippen LogP contribution is 2.35. The monoisotopic (exact) mass is 263 g/mol. The van der Waals surface area contributed by atoms with E-state index in [4.69, 9.17) is 5.73 Å². The zero-order valence-electron chi connectivity index (χ0n) is 11.8. The van der Waals surface area contributed by atoms with E-state index in [9.17, 15) is 0 Å². The van der Waals surface area contributed by atoms with E-state index in [1.807, 2.05) is 11.8 Å². The molecule has 100 valence electrons. The zero-order valence-corrected chi connectivity index (χ0v) is 12.6. The topological polar surface area (TPSA) is 26.0 Å². The Kier molecular flexibility index (Phi) is 4.39.